The van der Waals surface area contributed by atoms with Gasteiger partial charge < -0.3 is 25.4 Å². The predicted molar refractivity (Wildman–Crippen MR) is 163 cm³/mol. The van der Waals surface area contributed by atoms with Crippen molar-refractivity contribution < 1.29 is 23.9 Å². The molecule has 4 N–H and O–H groups in total. The molecule has 1 aliphatic heterocycles. The molecule has 2 aliphatic rings. The predicted octanol–water partition coefficient (Wildman–Crippen LogP) is 5.27. The van der Waals surface area contributed by atoms with Crippen LogP contribution >= 0.6 is 0 Å². The molecule has 2 fully saturated rings. The van der Waals surface area contributed by atoms with E-state index in [1.54, 1.807) is 29.2 Å². The van der Waals surface area contributed by atoms with Gasteiger partial charge in [0.25, 0.3) is 5.91 Å². The molecule has 5 rings (SSSR count). The average molecular weight is 583 g/mol. The summed E-state index contributed by atoms with van der Waals surface area (Å²) >= 11 is 0. The highest BCUT2D eigenvalue weighted by Crippen LogP contribution is 2.28. The zero-order chi connectivity index (χ0) is 30.2. The molecule has 1 heterocycles. The monoisotopic (exact) mass is 582 g/mol. The normalized spacial score (nSPS) is 18.8. The van der Waals surface area contributed by atoms with Gasteiger partial charge in [0.05, 0.1) is 5.92 Å². The van der Waals surface area contributed by atoms with Crippen molar-refractivity contribution in [3.05, 3.63) is 95.6 Å². The molecule has 0 unspecified atom stereocenters. The summed E-state index contributed by atoms with van der Waals surface area (Å²) < 4.78 is 11.2. The third-order valence-corrected chi connectivity index (χ3v) is 8.26. The van der Waals surface area contributed by atoms with Crippen LogP contribution in [0.4, 0.5) is 4.79 Å². The van der Waals surface area contributed by atoms with Crippen molar-refractivity contribution in [2.45, 2.75) is 57.3 Å². The van der Waals surface area contributed by atoms with E-state index < -0.39 is 0 Å². The number of benzene rings is 3. The molecular formula is C34H38N4O5. The van der Waals surface area contributed by atoms with Crippen LogP contribution in [-0.4, -0.2) is 53.9 Å². The number of esters is 1. The minimum Gasteiger partial charge on any atom is -0.462 e. The Morgan fingerprint density at radius 1 is 0.791 bits per heavy atom. The van der Waals surface area contributed by atoms with Crippen molar-refractivity contribution in [1.82, 2.24) is 10.2 Å². The van der Waals surface area contributed by atoms with E-state index in [0.29, 0.717) is 49.9 Å². The van der Waals surface area contributed by atoms with Crippen molar-refractivity contribution >= 4 is 23.8 Å². The third kappa shape index (κ3) is 8.00. The molecule has 9 nitrogen and oxygen atoms in total. The van der Waals surface area contributed by atoms with E-state index in [-0.39, 0.29) is 48.5 Å². The molecule has 0 aromatic heterocycles. The summed E-state index contributed by atoms with van der Waals surface area (Å²) in [5.74, 6) is -0.447. The van der Waals surface area contributed by atoms with E-state index in [1.165, 1.54) is 0 Å². The van der Waals surface area contributed by atoms with E-state index in [4.69, 9.17) is 20.6 Å². The summed E-state index contributed by atoms with van der Waals surface area (Å²) in [5, 5.41) is 10.6. The SMILES string of the molecule is N=C(N)c1ccc(-c2ccc(C(=O)NC3CCC(C(=O)OC4CCN(C(=O)OCc5ccccc5)CC4)CC3)cc2)cc1. The number of amides is 2. The van der Waals surface area contributed by atoms with Crippen LogP contribution in [0.1, 0.15) is 60.0 Å². The van der Waals surface area contributed by atoms with E-state index in [9.17, 15) is 14.4 Å². The maximum Gasteiger partial charge on any atom is 0.410 e. The molecule has 0 atom stereocenters. The van der Waals surface area contributed by atoms with Gasteiger partial charge in [0.2, 0.25) is 0 Å². The lowest BCUT2D eigenvalue weighted by atomic mass is 9.86. The number of ether oxygens (including phenoxy) is 2. The summed E-state index contributed by atoms with van der Waals surface area (Å²) in [7, 11) is 0. The summed E-state index contributed by atoms with van der Waals surface area (Å²) in [6.07, 6.45) is 3.44. The van der Waals surface area contributed by atoms with Crippen molar-refractivity contribution in [2.24, 2.45) is 11.7 Å². The molecule has 1 aliphatic carbocycles. The fourth-order valence-electron chi connectivity index (χ4n) is 5.63. The number of piperidine rings is 1. The Hall–Kier alpha value is -4.66. The van der Waals surface area contributed by atoms with Gasteiger partial charge in [-0.2, -0.15) is 0 Å². The van der Waals surface area contributed by atoms with Gasteiger partial charge in [0, 0.05) is 43.1 Å². The van der Waals surface area contributed by atoms with Crippen LogP contribution < -0.4 is 11.1 Å². The minimum atomic E-state index is -0.342. The second-order valence-corrected chi connectivity index (χ2v) is 11.3. The first-order valence-electron chi connectivity index (χ1n) is 14.9. The molecular weight excluding hydrogens is 544 g/mol. The van der Waals surface area contributed by atoms with Crippen LogP contribution in [0.25, 0.3) is 11.1 Å². The summed E-state index contributed by atoms with van der Waals surface area (Å²) in [4.78, 5) is 39.8. The van der Waals surface area contributed by atoms with Crippen LogP contribution in [0.5, 0.6) is 0 Å². The van der Waals surface area contributed by atoms with Crippen molar-refractivity contribution in [3.8, 4) is 11.1 Å². The van der Waals surface area contributed by atoms with Gasteiger partial charge in [-0.3, -0.25) is 15.0 Å². The molecule has 224 valence electrons. The second-order valence-electron chi connectivity index (χ2n) is 11.3. The van der Waals surface area contributed by atoms with Gasteiger partial charge in [-0.25, -0.2) is 4.79 Å². The molecule has 3 aromatic rings. The largest absolute Gasteiger partial charge is 0.462 e. The van der Waals surface area contributed by atoms with E-state index >= 15 is 0 Å². The lowest BCUT2D eigenvalue weighted by molar-refractivity contribution is -0.157. The Bertz CT molecular complexity index is 1410. The Morgan fingerprint density at radius 2 is 1.37 bits per heavy atom. The number of carbonyl (C=O) groups is 3. The molecule has 1 saturated heterocycles. The van der Waals surface area contributed by atoms with Crippen LogP contribution in [0, 0.1) is 11.3 Å². The number of hydrogen-bond acceptors (Lipinski definition) is 6. The Morgan fingerprint density at radius 3 is 1.95 bits per heavy atom. The Labute approximate surface area is 251 Å². The number of hydrogen-bond donors (Lipinski definition) is 3. The number of carbonyl (C=O) groups excluding carboxylic acids is 3. The highest BCUT2D eigenvalue weighted by Gasteiger charge is 2.32. The van der Waals surface area contributed by atoms with Gasteiger partial charge in [-0.1, -0.05) is 66.7 Å². The zero-order valence-electron chi connectivity index (χ0n) is 24.2. The maximum atomic E-state index is 12.9. The van der Waals surface area contributed by atoms with E-state index in [2.05, 4.69) is 5.32 Å². The first-order chi connectivity index (χ1) is 20.9. The molecule has 0 spiro atoms. The summed E-state index contributed by atoms with van der Waals surface area (Å²) in [5.41, 5.74) is 9.68. The van der Waals surface area contributed by atoms with E-state index in [1.807, 2.05) is 54.6 Å². The highest BCUT2D eigenvalue weighted by atomic mass is 16.6. The number of nitrogen functional groups attached to an aromatic ring is 1. The molecule has 2 amide bonds. The number of rotatable bonds is 8. The quantitative estimate of drug-likeness (QED) is 0.188. The van der Waals surface area contributed by atoms with E-state index in [0.717, 1.165) is 29.5 Å². The average Bonchev–Trinajstić information content (AvgIpc) is 3.05. The van der Waals surface area contributed by atoms with Gasteiger partial charge >= 0.3 is 12.1 Å². The number of amidine groups is 1. The van der Waals surface area contributed by atoms with Crippen molar-refractivity contribution in [2.75, 3.05) is 13.1 Å². The Kier molecular flexibility index (Phi) is 9.71. The molecule has 9 heteroatoms. The maximum absolute atomic E-state index is 12.9. The summed E-state index contributed by atoms with van der Waals surface area (Å²) in [6.45, 7) is 1.23. The Balaban J connectivity index is 1.01. The zero-order valence-corrected chi connectivity index (χ0v) is 24.2. The molecule has 3 aromatic carbocycles. The first kappa shape index (κ1) is 29.8. The van der Waals surface area contributed by atoms with Crippen LogP contribution in [0.2, 0.25) is 0 Å². The fourth-order valence-corrected chi connectivity index (χ4v) is 5.63. The van der Waals surface area contributed by atoms with Gasteiger partial charge in [0.1, 0.15) is 18.5 Å². The molecule has 43 heavy (non-hydrogen) atoms. The van der Waals surface area contributed by atoms with Crippen LogP contribution in [0.15, 0.2) is 78.9 Å². The number of nitrogens with two attached hydrogens (primary N) is 1. The van der Waals surface area contributed by atoms with Crippen LogP contribution in [0.3, 0.4) is 0 Å². The van der Waals surface area contributed by atoms with Crippen molar-refractivity contribution in [1.29, 1.82) is 5.41 Å². The second kappa shape index (κ2) is 14.0. The lowest BCUT2D eigenvalue weighted by Gasteiger charge is -2.33. The summed E-state index contributed by atoms with van der Waals surface area (Å²) in [6, 6.07) is 24.4. The third-order valence-electron chi connectivity index (χ3n) is 8.26. The number of nitrogens with one attached hydrogen (secondary N) is 2. The van der Waals surface area contributed by atoms with Gasteiger partial charge in [-0.05, 0) is 54.5 Å². The standard InChI is InChI=1S/C34H38N4O5/c35-31(36)26-10-6-24(7-11-26)25-8-12-27(13-9-25)32(39)37-29-16-14-28(15-17-29)33(40)43-30-18-20-38(21-19-30)34(41)42-22-23-4-2-1-3-5-23/h1-13,28-30H,14-22H2,(H3,35,36)(H,37,39). The minimum absolute atomic E-state index is 0.0143. The number of nitrogens with zero attached hydrogens (tertiary/aromatic N) is 1. The van der Waals surface area contributed by atoms with Crippen molar-refractivity contribution in [3.63, 3.8) is 0 Å². The molecule has 0 bridgehead atoms. The smallest absolute Gasteiger partial charge is 0.410 e. The van der Waals surface area contributed by atoms with Gasteiger partial charge in [0.15, 0.2) is 0 Å². The fraction of sp³-hybridized carbons (Fsp3) is 0.353. The topological polar surface area (TPSA) is 135 Å². The van der Waals surface area contributed by atoms with Crippen LogP contribution in [-0.2, 0) is 20.9 Å². The lowest BCUT2D eigenvalue weighted by Crippen LogP contribution is -2.43. The number of likely N-dealkylation sites (tertiary alicyclic amines) is 1. The first-order valence-corrected chi connectivity index (χ1v) is 14.9. The van der Waals surface area contributed by atoms with Gasteiger partial charge in [-0.15, -0.1) is 0 Å². The molecule has 0 radical (unpaired) electrons. The molecule has 1 saturated carbocycles. The highest BCUT2D eigenvalue weighted by molar-refractivity contribution is 5.96.